The zero-order valence-corrected chi connectivity index (χ0v) is 16.1. The maximum absolute atomic E-state index is 12.3. The lowest BCUT2D eigenvalue weighted by Gasteiger charge is -2.06. The molecule has 2 aromatic carbocycles. The quantitative estimate of drug-likeness (QED) is 0.611. The van der Waals surface area contributed by atoms with Crippen LogP contribution in [0.1, 0.15) is 11.3 Å². The molecule has 0 aliphatic carbocycles. The van der Waals surface area contributed by atoms with E-state index < -0.39 is 0 Å². The van der Waals surface area contributed by atoms with Gasteiger partial charge in [0.05, 0.1) is 10.6 Å². The second-order valence-electron chi connectivity index (χ2n) is 6.10. The zero-order chi connectivity index (χ0) is 18.8. The maximum atomic E-state index is 12.3. The van der Waals surface area contributed by atoms with Crippen LogP contribution in [0.5, 0.6) is 0 Å². The predicted octanol–water partition coefficient (Wildman–Crippen LogP) is 5.33. The Morgan fingerprint density at radius 1 is 1.07 bits per heavy atom. The minimum Gasteiger partial charge on any atom is -0.317 e. The van der Waals surface area contributed by atoms with E-state index in [-0.39, 0.29) is 5.91 Å². The fourth-order valence-corrected chi connectivity index (χ4v) is 3.65. The number of nitrogens with one attached hydrogen (secondary N) is 1. The number of aliphatic imine (C=N–C) groups is 1. The maximum Gasteiger partial charge on any atom is 0.264 e. The Balaban J connectivity index is 1.60. The third-order valence-electron chi connectivity index (χ3n) is 4.08. The highest BCUT2D eigenvalue weighted by Crippen LogP contribution is 2.29. The topological polar surface area (TPSA) is 46.4 Å². The largest absolute Gasteiger partial charge is 0.317 e. The summed E-state index contributed by atoms with van der Waals surface area (Å²) in [6, 6.07) is 19.3. The molecule has 1 amide bonds. The van der Waals surface area contributed by atoms with E-state index in [4.69, 9.17) is 11.6 Å². The molecule has 0 bridgehead atoms. The van der Waals surface area contributed by atoms with Crippen LogP contribution in [-0.4, -0.2) is 15.6 Å². The lowest BCUT2D eigenvalue weighted by atomic mass is 10.2. The summed E-state index contributed by atoms with van der Waals surface area (Å²) in [5.41, 5.74) is 3.87. The predicted molar refractivity (Wildman–Crippen MR) is 113 cm³/mol. The van der Waals surface area contributed by atoms with Gasteiger partial charge in [-0.15, -0.1) is 0 Å². The summed E-state index contributed by atoms with van der Waals surface area (Å²) < 4.78 is 2.01. The van der Waals surface area contributed by atoms with Gasteiger partial charge in [0.15, 0.2) is 5.17 Å². The molecule has 0 atom stereocenters. The highest BCUT2D eigenvalue weighted by molar-refractivity contribution is 8.18. The van der Waals surface area contributed by atoms with Crippen molar-refractivity contribution >= 4 is 46.2 Å². The van der Waals surface area contributed by atoms with Crippen LogP contribution >= 0.6 is 23.4 Å². The van der Waals surface area contributed by atoms with Crippen molar-refractivity contribution in [2.24, 2.45) is 4.99 Å². The molecule has 1 fully saturated rings. The van der Waals surface area contributed by atoms with Gasteiger partial charge < -0.3 is 9.88 Å². The summed E-state index contributed by atoms with van der Waals surface area (Å²) in [4.78, 5) is 17.5. The number of nitrogens with zero attached hydrogens (tertiary/aromatic N) is 2. The number of hydrogen-bond donors (Lipinski definition) is 1. The number of amidine groups is 1. The number of amides is 1. The average Bonchev–Trinajstić information content (AvgIpc) is 3.25. The number of aryl methyl sites for hydroxylation is 1. The van der Waals surface area contributed by atoms with Gasteiger partial charge in [-0.1, -0.05) is 29.3 Å². The first kappa shape index (κ1) is 17.6. The van der Waals surface area contributed by atoms with Crippen LogP contribution in [0.3, 0.4) is 0 Å². The van der Waals surface area contributed by atoms with E-state index in [0.717, 1.165) is 17.1 Å². The van der Waals surface area contributed by atoms with Crippen LogP contribution in [0.15, 0.2) is 76.8 Å². The molecule has 4 rings (SSSR count). The average molecular weight is 394 g/mol. The van der Waals surface area contributed by atoms with E-state index in [1.807, 2.05) is 84.4 Å². The van der Waals surface area contributed by atoms with Crippen LogP contribution in [0.25, 0.3) is 11.8 Å². The number of carbonyl (C=O) groups excluding carboxylic acids is 1. The van der Waals surface area contributed by atoms with Crippen molar-refractivity contribution in [1.82, 2.24) is 9.88 Å². The number of hydrogen-bond acceptors (Lipinski definition) is 3. The number of carbonyl (C=O) groups is 1. The molecule has 3 aromatic rings. The van der Waals surface area contributed by atoms with E-state index in [1.165, 1.54) is 17.3 Å². The summed E-state index contributed by atoms with van der Waals surface area (Å²) >= 11 is 7.31. The Kier molecular flexibility index (Phi) is 4.88. The minimum atomic E-state index is -0.144. The van der Waals surface area contributed by atoms with Gasteiger partial charge in [0.2, 0.25) is 0 Å². The van der Waals surface area contributed by atoms with Crippen molar-refractivity contribution in [3.63, 3.8) is 0 Å². The Labute approximate surface area is 166 Å². The van der Waals surface area contributed by atoms with Gasteiger partial charge in [-0.2, -0.15) is 0 Å². The van der Waals surface area contributed by atoms with Crippen LogP contribution in [0.4, 0.5) is 5.69 Å². The molecule has 4 nitrogen and oxygen atoms in total. The first-order valence-corrected chi connectivity index (χ1v) is 9.57. The molecule has 1 aliphatic rings. The highest BCUT2D eigenvalue weighted by atomic mass is 35.5. The summed E-state index contributed by atoms with van der Waals surface area (Å²) in [5.74, 6) is -0.144. The summed E-state index contributed by atoms with van der Waals surface area (Å²) in [6.45, 7) is 2.03. The van der Waals surface area contributed by atoms with E-state index in [2.05, 4.69) is 10.3 Å². The van der Waals surface area contributed by atoms with E-state index in [9.17, 15) is 4.79 Å². The smallest absolute Gasteiger partial charge is 0.264 e. The molecule has 0 spiro atoms. The molecule has 2 heterocycles. The van der Waals surface area contributed by atoms with Gasteiger partial charge >= 0.3 is 0 Å². The van der Waals surface area contributed by atoms with Gasteiger partial charge in [0, 0.05) is 22.6 Å². The lowest BCUT2D eigenvalue weighted by Crippen LogP contribution is -2.19. The molecular weight excluding hydrogens is 378 g/mol. The number of aromatic nitrogens is 1. The number of thioether (sulfide) groups is 1. The van der Waals surface area contributed by atoms with Crippen LogP contribution in [-0.2, 0) is 4.79 Å². The fraction of sp³-hybridized carbons (Fsp3) is 0.0476. The van der Waals surface area contributed by atoms with Gasteiger partial charge in [0.1, 0.15) is 0 Å². The zero-order valence-electron chi connectivity index (χ0n) is 14.5. The molecule has 1 aromatic heterocycles. The summed E-state index contributed by atoms with van der Waals surface area (Å²) in [6.07, 6.45) is 3.82. The van der Waals surface area contributed by atoms with Crippen molar-refractivity contribution in [3.8, 4) is 5.69 Å². The standard InChI is InChI=1S/C21H16ClN3OS/c1-14-4-8-16(9-5-14)23-21-24-20(26)19(27-21)13-18-3-2-12-25(18)17-10-6-15(22)7-11-17/h2-13H,1H3,(H,23,24,26)/b19-13+. The molecule has 134 valence electrons. The molecule has 0 radical (unpaired) electrons. The third kappa shape index (κ3) is 3.99. The van der Waals surface area contributed by atoms with Gasteiger partial charge in [-0.25, -0.2) is 4.99 Å². The lowest BCUT2D eigenvalue weighted by molar-refractivity contribution is -0.115. The van der Waals surface area contributed by atoms with Crippen LogP contribution in [0, 0.1) is 6.92 Å². The SMILES string of the molecule is Cc1ccc(N=C2NC(=O)/C(=C\c3cccn3-c3ccc(Cl)cc3)S2)cc1. The molecule has 1 N–H and O–H groups in total. The Bertz CT molecular complexity index is 1050. The minimum absolute atomic E-state index is 0.144. The fourth-order valence-electron chi connectivity index (χ4n) is 2.70. The van der Waals surface area contributed by atoms with E-state index in [1.54, 1.807) is 0 Å². The number of halogens is 1. The molecule has 27 heavy (non-hydrogen) atoms. The van der Waals surface area contributed by atoms with Crippen molar-refractivity contribution in [2.45, 2.75) is 6.92 Å². The summed E-state index contributed by atoms with van der Waals surface area (Å²) in [5, 5.41) is 4.10. The van der Waals surface area contributed by atoms with E-state index >= 15 is 0 Å². The second kappa shape index (κ2) is 7.47. The Morgan fingerprint density at radius 2 is 1.81 bits per heavy atom. The van der Waals surface area contributed by atoms with Gasteiger partial charge in [-0.05, 0) is 73.3 Å². The molecule has 0 saturated carbocycles. The van der Waals surface area contributed by atoms with Gasteiger partial charge in [-0.3, -0.25) is 4.79 Å². The molecule has 1 aliphatic heterocycles. The molecule has 1 saturated heterocycles. The Morgan fingerprint density at radius 3 is 2.56 bits per heavy atom. The van der Waals surface area contributed by atoms with Crippen molar-refractivity contribution in [2.75, 3.05) is 0 Å². The van der Waals surface area contributed by atoms with Crippen molar-refractivity contribution in [1.29, 1.82) is 0 Å². The Hall–Kier alpha value is -2.76. The first-order chi connectivity index (χ1) is 13.1. The monoisotopic (exact) mass is 393 g/mol. The molecular formula is C21H16ClN3OS. The van der Waals surface area contributed by atoms with Crippen molar-refractivity contribution < 1.29 is 4.79 Å². The van der Waals surface area contributed by atoms with Crippen molar-refractivity contribution in [3.05, 3.63) is 88.0 Å². The highest BCUT2D eigenvalue weighted by Gasteiger charge is 2.24. The second-order valence-corrected chi connectivity index (χ2v) is 7.56. The molecule has 6 heteroatoms. The number of rotatable bonds is 3. The first-order valence-electron chi connectivity index (χ1n) is 8.38. The van der Waals surface area contributed by atoms with E-state index in [0.29, 0.717) is 15.1 Å². The van der Waals surface area contributed by atoms with Crippen LogP contribution < -0.4 is 5.32 Å². The molecule has 0 unspecified atom stereocenters. The summed E-state index contributed by atoms with van der Waals surface area (Å²) in [7, 11) is 0. The normalized spacial score (nSPS) is 16.9. The van der Waals surface area contributed by atoms with Crippen LogP contribution in [0.2, 0.25) is 5.02 Å². The van der Waals surface area contributed by atoms with Gasteiger partial charge in [0.25, 0.3) is 5.91 Å². The number of benzene rings is 2. The third-order valence-corrected chi connectivity index (χ3v) is 5.24.